The molecule has 0 saturated heterocycles. The molecule has 0 radical (unpaired) electrons. The van der Waals surface area contributed by atoms with Crippen molar-refractivity contribution in [3.8, 4) is 5.75 Å². The van der Waals surface area contributed by atoms with Gasteiger partial charge in [0.15, 0.2) is 0 Å². The maximum absolute atomic E-state index is 6.07. The van der Waals surface area contributed by atoms with E-state index in [2.05, 4.69) is 36.5 Å². The van der Waals surface area contributed by atoms with Crippen molar-refractivity contribution in [2.45, 2.75) is 31.8 Å². The molecule has 0 amide bonds. The lowest BCUT2D eigenvalue weighted by atomic mass is 10.0. The lowest BCUT2D eigenvalue weighted by molar-refractivity contribution is 0.414. The number of hydrogen-bond acceptors (Lipinski definition) is 2. The first-order chi connectivity index (χ1) is 10.2. The molecule has 1 aliphatic rings. The van der Waals surface area contributed by atoms with Crippen LogP contribution < -0.4 is 10.1 Å². The van der Waals surface area contributed by atoms with Gasteiger partial charge in [-0.05, 0) is 60.7 Å². The molecule has 0 aliphatic heterocycles. The van der Waals surface area contributed by atoms with Gasteiger partial charge >= 0.3 is 0 Å². The summed E-state index contributed by atoms with van der Waals surface area (Å²) in [6.45, 7) is 2.20. The van der Waals surface area contributed by atoms with E-state index in [9.17, 15) is 0 Å². The summed E-state index contributed by atoms with van der Waals surface area (Å²) in [5.41, 5.74) is 4.04. The van der Waals surface area contributed by atoms with E-state index in [1.54, 1.807) is 7.11 Å². The highest BCUT2D eigenvalue weighted by molar-refractivity contribution is 6.30. The zero-order valence-electron chi connectivity index (χ0n) is 12.4. The molecule has 2 aromatic carbocycles. The molecule has 0 saturated carbocycles. The van der Waals surface area contributed by atoms with Gasteiger partial charge < -0.3 is 10.1 Å². The second-order valence-electron chi connectivity index (χ2n) is 5.60. The second kappa shape index (κ2) is 6.08. The monoisotopic (exact) mass is 301 g/mol. The van der Waals surface area contributed by atoms with Crippen LogP contribution >= 0.6 is 11.6 Å². The van der Waals surface area contributed by atoms with E-state index < -0.39 is 0 Å². The highest BCUT2D eigenvalue weighted by Gasteiger charge is 2.23. The van der Waals surface area contributed by atoms with Gasteiger partial charge in [-0.2, -0.15) is 0 Å². The molecule has 0 bridgehead atoms. The van der Waals surface area contributed by atoms with Crippen molar-refractivity contribution < 1.29 is 4.74 Å². The number of methoxy groups -OCH3 is 1. The van der Waals surface area contributed by atoms with Gasteiger partial charge in [0.2, 0.25) is 0 Å². The van der Waals surface area contributed by atoms with Gasteiger partial charge in [0, 0.05) is 17.1 Å². The summed E-state index contributed by atoms with van der Waals surface area (Å²) in [5, 5.41) is 4.56. The number of fused-ring (bicyclic) bond motifs is 1. The molecule has 110 valence electrons. The van der Waals surface area contributed by atoms with Gasteiger partial charge in [0.05, 0.1) is 7.11 Å². The van der Waals surface area contributed by atoms with Crippen molar-refractivity contribution in [2.75, 3.05) is 7.11 Å². The topological polar surface area (TPSA) is 21.3 Å². The Morgan fingerprint density at radius 2 is 1.95 bits per heavy atom. The number of rotatable bonds is 4. The quantitative estimate of drug-likeness (QED) is 0.885. The minimum atomic E-state index is 0.308. The Morgan fingerprint density at radius 1 is 1.19 bits per heavy atom. The van der Waals surface area contributed by atoms with Crippen LogP contribution in [0.15, 0.2) is 42.5 Å². The number of hydrogen-bond donors (Lipinski definition) is 1. The summed E-state index contributed by atoms with van der Waals surface area (Å²) in [6, 6.07) is 15.2. The van der Waals surface area contributed by atoms with Crippen molar-refractivity contribution >= 4 is 11.6 Å². The zero-order chi connectivity index (χ0) is 14.8. The first kappa shape index (κ1) is 14.4. The van der Waals surface area contributed by atoms with Gasteiger partial charge in [0.1, 0.15) is 5.75 Å². The average molecular weight is 302 g/mol. The van der Waals surface area contributed by atoms with E-state index in [4.69, 9.17) is 16.3 Å². The molecule has 3 heteroatoms. The van der Waals surface area contributed by atoms with Crippen molar-refractivity contribution in [3.63, 3.8) is 0 Å². The third-order valence-corrected chi connectivity index (χ3v) is 4.48. The number of halogens is 1. The predicted octanol–water partition coefficient (Wildman–Crippen LogP) is 4.69. The summed E-state index contributed by atoms with van der Waals surface area (Å²) >= 11 is 6.07. The Hall–Kier alpha value is -1.51. The van der Waals surface area contributed by atoms with Crippen molar-refractivity contribution in [3.05, 3.63) is 64.2 Å². The summed E-state index contributed by atoms with van der Waals surface area (Å²) < 4.78 is 5.21. The molecule has 1 aliphatic carbocycles. The minimum Gasteiger partial charge on any atom is -0.497 e. The van der Waals surface area contributed by atoms with Gasteiger partial charge in [-0.1, -0.05) is 29.8 Å². The molecule has 2 nitrogen and oxygen atoms in total. The summed E-state index contributed by atoms with van der Waals surface area (Å²) in [4.78, 5) is 0. The largest absolute Gasteiger partial charge is 0.497 e. The fourth-order valence-corrected chi connectivity index (χ4v) is 3.24. The molecule has 2 atom stereocenters. The first-order valence-electron chi connectivity index (χ1n) is 7.35. The van der Waals surface area contributed by atoms with Gasteiger partial charge in [-0.3, -0.25) is 0 Å². The highest BCUT2D eigenvalue weighted by Crippen LogP contribution is 2.34. The Balaban J connectivity index is 1.72. The van der Waals surface area contributed by atoms with E-state index in [-0.39, 0.29) is 0 Å². The van der Waals surface area contributed by atoms with E-state index in [0.29, 0.717) is 12.1 Å². The molecular weight excluding hydrogens is 282 g/mol. The zero-order valence-corrected chi connectivity index (χ0v) is 13.2. The average Bonchev–Trinajstić information content (AvgIpc) is 2.89. The lowest BCUT2D eigenvalue weighted by Crippen LogP contribution is -2.22. The highest BCUT2D eigenvalue weighted by atomic mass is 35.5. The van der Waals surface area contributed by atoms with Crippen LogP contribution in [0, 0.1) is 0 Å². The molecule has 1 unspecified atom stereocenters. The Kier molecular flexibility index (Phi) is 4.18. The summed E-state index contributed by atoms with van der Waals surface area (Å²) in [5.74, 6) is 0.895. The molecule has 0 aromatic heterocycles. The second-order valence-corrected chi connectivity index (χ2v) is 6.03. The van der Waals surface area contributed by atoms with Crippen molar-refractivity contribution in [2.24, 2.45) is 0 Å². The van der Waals surface area contributed by atoms with Crippen LogP contribution in [0.5, 0.6) is 5.75 Å². The maximum Gasteiger partial charge on any atom is 0.118 e. The molecule has 0 heterocycles. The molecule has 0 fully saturated rings. The molecule has 3 rings (SSSR count). The van der Waals surface area contributed by atoms with E-state index >= 15 is 0 Å². The summed E-state index contributed by atoms with van der Waals surface area (Å²) in [7, 11) is 1.69. The molecule has 0 spiro atoms. The number of aryl methyl sites for hydroxylation is 1. The van der Waals surface area contributed by atoms with Crippen LogP contribution in [0.25, 0.3) is 0 Å². The molecule has 21 heavy (non-hydrogen) atoms. The normalized spacial score (nSPS) is 18.3. The van der Waals surface area contributed by atoms with Gasteiger partial charge in [-0.25, -0.2) is 0 Å². The van der Waals surface area contributed by atoms with Crippen LogP contribution in [0.2, 0.25) is 5.02 Å². The number of ether oxygens (including phenoxy) is 1. The third kappa shape index (κ3) is 3.07. The van der Waals surface area contributed by atoms with Crippen LogP contribution in [-0.2, 0) is 6.42 Å². The first-order valence-corrected chi connectivity index (χ1v) is 7.73. The van der Waals surface area contributed by atoms with Crippen LogP contribution in [0.3, 0.4) is 0 Å². The predicted molar refractivity (Wildman–Crippen MR) is 87.1 cm³/mol. The fourth-order valence-electron chi connectivity index (χ4n) is 3.05. The third-order valence-electron chi connectivity index (χ3n) is 4.25. The lowest BCUT2D eigenvalue weighted by Gasteiger charge is -2.21. The van der Waals surface area contributed by atoms with E-state index in [1.807, 2.05) is 18.2 Å². The molecular formula is C18H20ClNO. The Morgan fingerprint density at radius 3 is 2.67 bits per heavy atom. The Bertz CT molecular complexity index is 624. The smallest absolute Gasteiger partial charge is 0.118 e. The summed E-state index contributed by atoms with van der Waals surface area (Å²) in [6.07, 6.45) is 2.24. The standard InChI is InChI=1S/C18H20ClNO/c1-12(13-3-7-16(21-2)8-4-13)20-18-10-5-14-11-15(19)6-9-17(14)18/h3-4,6-9,11-12,18,20H,5,10H2,1-2H3/t12-,18?/m0/s1. The molecule has 1 N–H and O–H groups in total. The van der Waals surface area contributed by atoms with Crippen LogP contribution in [0.4, 0.5) is 0 Å². The SMILES string of the molecule is COc1ccc([C@H](C)NC2CCc3cc(Cl)ccc32)cc1. The fraction of sp³-hybridized carbons (Fsp3) is 0.333. The van der Waals surface area contributed by atoms with Crippen molar-refractivity contribution in [1.29, 1.82) is 0 Å². The Labute approximate surface area is 131 Å². The maximum atomic E-state index is 6.07. The van der Waals surface area contributed by atoms with Crippen LogP contribution in [0.1, 0.15) is 42.1 Å². The van der Waals surface area contributed by atoms with Gasteiger partial charge in [0.25, 0.3) is 0 Å². The van der Waals surface area contributed by atoms with E-state index in [1.165, 1.54) is 16.7 Å². The minimum absolute atomic E-state index is 0.308. The van der Waals surface area contributed by atoms with E-state index in [0.717, 1.165) is 23.6 Å². The number of nitrogens with one attached hydrogen (secondary N) is 1. The number of benzene rings is 2. The van der Waals surface area contributed by atoms with Gasteiger partial charge in [-0.15, -0.1) is 0 Å². The van der Waals surface area contributed by atoms with Crippen LogP contribution in [-0.4, -0.2) is 7.11 Å². The molecule has 2 aromatic rings. The van der Waals surface area contributed by atoms with Crippen molar-refractivity contribution in [1.82, 2.24) is 5.32 Å².